The highest BCUT2D eigenvalue weighted by Gasteiger charge is 2.20. The molecule has 6 heteroatoms. The lowest BCUT2D eigenvalue weighted by molar-refractivity contribution is 0.0950. The maximum absolute atomic E-state index is 12.7. The summed E-state index contributed by atoms with van der Waals surface area (Å²) in [6.07, 6.45) is 2.69. The van der Waals surface area contributed by atoms with Gasteiger partial charge in [0.1, 0.15) is 0 Å². The summed E-state index contributed by atoms with van der Waals surface area (Å²) in [4.78, 5) is 18.1. The molecule has 0 aliphatic rings. The summed E-state index contributed by atoms with van der Waals surface area (Å²) in [5, 5.41) is 5.66. The van der Waals surface area contributed by atoms with E-state index in [1.165, 1.54) is 11.3 Å². The van der Waals surface area contributed by atoms with E-state index < -0.39 is 0 Å². The minimum atomic E-state index is -0.159. The molecule has 2 aromatic carbocycles. The van der Waals surface area contributed by atoms with E-state index in [-0.39, 0.29) is 5.91 Å². The molecule has 0 saturated carbocycles. The Labute approximate surface area is 160 Å². The van der Waals surface area contributed by atoms with Gasteiger partial charge in [-0.05, 0) is 24.1 Å². The van der Waals surface area contributed by atoms with Crippen LogP contribution in [-0.4, -0.2) is 21.8 Å². The Balaban J connectivity index is 1.55. The predicted molar refractivity (Wildman–Crippen MR) is 106 cm³/mol. The number of rotatable bonds is 5. The Morgan fingerprint density at radius 2 is 1.88 bits per heavy atom. The number of imidazole rings is 1. The molecule has 0 unspecified atom stereocenters. The van der Waals surface area contributed by atoms with E-state index in [1.54, 1.807) is 0 Å². The first-order valence-corrected chi connectivity index (χ1v) is 9.52. The van der Waals surface area contributed by atoms with Gasteiger partial charge >= 0.3 is 0 Å². The molecule has 0 saturated heterocycles. The minimum Gasteiger partial charge on any atom is -0.350 e. The number of hydrogen-bond acceptors (Lipinski definition) is 3. The first kappa shape index (κ1) is 16.8. The molecule has 0 bridgehead atoms. The summed E-state index contributed by atoms with van der Waals surface area (Å²) < 4.78 is 1.97. The zero-order valence-electron chi connectivity index (χ0n) is 13.9. The Morgan fingerprint density at radius 3 is 2.65 bits per heavy atom. The van der Waals surface area contributed by atoms with Crippen LogP contribution >= 0.6 is 22.9 Å². The summed E-state index contributed by atoms with van der Waals surface area (Å²) in [5.74, 6) is -0.159. The number of thiazole rings is 1. The van der Waals surface area contributed by atoms with Gasteiger partial charge in [-0.2, -0.15) is 0 Å². The predicted octanol–water partition coefficient (Wildman–Crippen LogP) is 4.69. The Morgan fingerprint density at radius 1 is 1.12 bits per heavy atom. The number of fused-ring (bicyclic) bond motifs is 1. The highest BCUT2D eigenvalue weighted by Crippen LogP contribution is 2.27. The van der Waals surface area contributed by atoms with E-state index in [4.69, 9.17) is 11.6 Å². The van der Waals surface area contributed by atoms with E-state index in [0.29, 0.717) is 17.3 Å². The molecule has 2 heterocycles. The minimum absolute atomic E-state index is 0.159. The van der Waals surface area contributed by atoms with Crippen molar-refractivity contribution in [3.8, 4) is 11.3 Å². The second-order valence-electron chi connectivity index (χ2n) is 5.86. The lowest BCUT2D eigenvalue weighted by Gasteiger charge is -2.07. The van der Waals surface area contributed by atoms with Crippen LogP contribution in [0.5, 0.6) is 0 Å². The average molecular weight is 382 g/mol. The van der Waals surface area contributed by atoms with Gasteiger partial charge in [-0.1, -0.05) is 54.1 Å². The Kier molecular flexibility index (Phi) is 4.73. The number of carbonyl (C=O) groups is 1. The number of hydrogen-bond donors (Lipinski definition) is 1. The van der Waals surface area contributed by atoms with Gasteiger partial charge in [0.15, 0.2) is 10.7 Å². The van der Waals surface area contributed by atoms with Gasteiger partial charge < -0.3 is 5.32 Å². The van der Waals surface area contributed by atoms with Crippen LogP contribution in [0.2, 0.25) is 5.02 Å². The first-order chi connectivity index (χ1) is 12.7. The largest absolute Gasteiger partial charge is 0.350 e. The van der Waals surface area contributed by atoms with Crippen molar-refractivity contribution in [1.82, 2.24) is 14.7 Å². The van der Waals surface area contributed by atoms with E-state index in [9.17, 15) is 4.79 Å². The molecular weight excluding hydrogens is 366 g/mol. The SMILES string of the molecule is O=C(NCCc1ccc(Cl)cc1)c1nc2sccn2c1-c1ccccc1. The molecule has 1 amide bonds. The van der Waals surface area contributed by atoms with Crippen molar-refractivity contribution >= 4 is 33.8 Å². The Bertz CT molecular complexity index is 1040. The molecule has 130 valence electrons. The topological polar surface area (TPSA) is 46.4 Å². The van der Waals surface area contributed by atoms with E-state index in [1.807, 2.05) is 70.6 Å². The molecule has 0 aliphatic heterocycles. The number of amides is 1. The summed E-state index contributed by atoms with van der Waals surface area (Å²) in [6.45, 7) is 0.542. The van der Waals surface area contributed by atoms with Gasteiger partial charge in [-0.3, -0.25) is 9.20 Å². The summed E-state index contributed by atoms with van der Waals surface area (Å²) in [5.41, 5.74) is 3.38. The van der Waals surface area contributed by atoms with Gasteiger partial charge in [0, 0.05) is 28.7 Å². The van der Waals surface area contributed by atoms with E-state index in [0.717, 1.165) is 28.2 Å². The van der Waals surface area contributed by atoms with Crippen molar-refractivity contribution in [2.45, 2.75) is 6.42 Å². The van der Waals surface area contributed by atoms with E-state index in [2.05, 4.69) is 10.3 Å². The maximum atomic E-state index is 12.7. The molecule has 26 heavy (non-hydrogen) atoms. The molecule has 4 rings (SSSR count). The third kappa shape index (κ3) is 3.36. The molecule has 4 nitrogen and oxygen atoms in total. The maximum Gasteiger partial charge on any atom is 0.272 e. The van der Waals surface area contributed by atoms with Crippen LogP contribution in [0, 0.1) is 0 Å². The van der Waals surface area contributed by atoms with Gasteiger partial charge in [-0.15, -0.1) is 11.3 Å². The van der Waals surface area contributed by atoms with Gasteiger partial charge in [-0.25, -0.2) is 4.98 Å². The van der Waals surface area contributed by atoms with Crippen molar-refractivity contribution in [2.75, 3.05) is 6.54 Å². The number of benzene rings is 2. The summed E-state index contributed by atoms with van der Waals surface area (Å²) >= 11 is 7.42. The smallest absolute Gasteiger partial charge is 0.272 e. The second kappa shape index (κ2) is 7.32. The summed E-state index contributed by atoms with van der Waals surface area (Å²) in [6, 6.07) is 17.5. The molecule has 0 spiro atoms. The highest BCUT2D eigenvalue weighted by atomic mass is 35.5. The van der Waals surface area contributed by atoms with Crippen LogP contribution in [0.1, 0.15) is 16.1 Å². The first-order valence-electron chi connectivity index (χ1n) is 8.26. The van der Waals surface area contributed by atoms with Crippen LogP contribution in [0.15, 0.2) is 66.2 Å². The fourth-order valence-electron chi connectivity index (χ4n) is 2.87. The molecule has 0 fully saturated rings. The standard InChI is InChI=1S/C20H16ClN3OS/c21-16-8-6-14(7-9-16)10-11-22-19(25)17-18(15-4-2-1-3-5-15)24-12-13-26-20(24)23-17/h1-9,12-13H,10-11H2,(H,22,25). The van der Waals surface area contributed by atoms with Crippen molar-refractivity contribution in [3.63, 3.8) is 0 Å². The van der Waals surface area contributed by atoms with Crippen LogP contribution in [0.3, 0.4) is 0 Å². The van der Waals surface area contributed by atoms with Crippen LogP contribution in [0.25, 0.3) is 16.2 Å². The van der Waals surface area contributed by atoms with Crippen LogP contribution in [0.4, 0.5) is 0 Å². The van der Waals surface area contributed by atoms with Gasteiger partial charge in [0.05, 0.1) is 5.69 Å². The Hall–Kier alpha value is -2.63. The van der Waals surface area contributed by atoms with Crippen molar-refractivity contribution in [2.24, 2.45) is 0 Å². The number of aromatic nitrogens is 2. The molecule has 0 atom stereocenters. The average Bonchev–Trinajstić information content (AvgIpc) is 3.25. The van der Waals surface area contributed by atoms with Gasteiger partial charge in [0.2, 0.25) is 0 Å². The normalized spacial score (nSPS) is 11.0. The number of carbonyl (C=O) groups excluding carboxylic acids is 1. The number of halogens is 1. The van der Waals surface area contributed by atoms with Crippen LogP contribution < -0.4 is 5.32 Å². The fourth-order valence-corrected chi connectivity index (χ4v) is 3.71. The zero-order valence-corrected chi connectivity index (χ0v) is 15.4. The second-order valence-corrected chi connectivity index (χ2v) is 7.17. The number of nitrogens with one attached hydrogen (secondary N) is 1. The monoisotopic (exact) mass is 381 g/mol. The molecule has 2 aromatic heterocycles. The zero-order chi connectivity index (χ0) is 17.9. The summed E-state index contributed by atoms with van der Waals surface area (Å²) in [7, 11) is 0. The van der Waals surface area contributed by atoms with Crippen molar-refractivity contribution in [3.05, 3.63) is 82.5 Å². The quantitative estimate of drug-likeness (QED) is 0.545. The lowest BCUT2D eigenvalue weighted by Crippen LogP contribution is -2.26. The fraction of sp³-hybridized carbons (Fsp3) is 0.100. The molecular formula is C20H16ClN3OS. The lowest BCUT2D eigenvalue weighted by atomic mass is 10.1. The third-order valence-corrected chi connectivity index (χ3v) is 5.15. The highest BCUT2D eigenvalue weighted by molar-refractivity contribution is 7.15. The van der Waals surface area contributed by atoms with Crippen LogP contribution in [-0.2, 0) is 6.42 Å². The number of nitrogens with zero attached hydrogens (tertiary/aromatic N) is 2. The molecule has 4 aromatic rings. The molecule has 0 aliphatic carbocycles. The molecule has 1 N–H and O–H groups in total. The van der Waals surface area contributed by atoms with Crippen molar-refractivity contribution < 1.29 is 4.79 Å². The van der Waals surface area contributed by atoms with E-state index >= 15 is 0 Å². The van der Waals surface area contributed by atoms with Crippen molar-refractivity contribution in [1.29, 1.82) is 0 Å². The molecule has 0 radical (unpaired) electrons. The van der Waals surface area contributed by atoms with Gasteiger partial charge in [0.25, 0.3) is 5.91 Å². The third-order valence-electron chi connectivity index (χ3n) is 4.14.